The molecular weight excluding hydrogens is 286 g/mol. The third-order valence-corrected chi connectivity index (χ3v) is 4.15. The smallest absolute Gasteiger partial charge is 0.283 e. The average Bonchev–Trinajstić information content (AvgIpc) is 2.85. The molecule has 1 aromatic carbocycles. The number of aromatic hydroxyl groups is 1. The summed E-state index contributed by atoms with van der Waals surface area (Å²) in [7, 11) is 1.83. The van der Waals surface area contributed by atoms with Gasteiger partial charge in [-0.25, -0.2) is 0 Å². The lowest BCUT2D eigenvalue weighted by Gasteiger charge is -2.21. The van der Waals surface area contributed by atoms with E-state index in [9.17, 15) is 9.90 Å². The van der Waals surface area contributed by atoms with Crippen LogP contribution in [-0.2, 0) is 7.05 Å². The molecular formula is C15H19N3O2S. The molecule has 112 valence electrons. The number of carbonyl (C=O) groups excluding carboxylic acids is 1. The summed E-state index contributed by atoms with van der Waals surface area (Å²) in [6.45, 7) is 5.79. The molecule has 0 spiro atoms. The van der Waals surface area contributed by atoms with Gasteiger partial charge in [0.2, 0.25) is 0 Å². The zero-order valence-electron chi connectivity index (χ0n) is 12.4. The molecule has 0 atom stereocenters. The molecule has 21 heavy (non-hydrogen) atoms. The molecule has 0 unspecified atom stereocenters. The number of phenols is 1. The van der Waals surface area contributed by atoms with Gasteiger partial charge in [0, 0.05) is 43.5 Å². The van der Waals surface area contributed by atoms with E-state index in [2.05, 4.69) is 9.89 Å². The highest BCUT2D eigenvalue weighted by Gasteiger charge is 2.12. The van der Waals surface area contributed by atoms with Crippen molar-refractivity contribution in [2.45, 2.75) is 13.8 Å². The topological polar surface area (TPSA) is 57.8 Å². The molecule has 1 aromatic heterocycles. The zero-order valence-corrected chi connectivity index (χ0v) is 13.2. The summed E-state index contributed by atoms with van der Waals surface area (Å²) in [6.07, 6.45) is 1.83. The maximum absolute atomic E-state index is 12.2. The second-order valence-corrected chi connectivity index (χ2v) is 5.46. The highest BCUT2D eigenvalue weighted by atomic mass is 32.1. The normalized spacial score (nSPS) is 11.7. The van der Waals surface area contributed by atoms with Gasteiger partial charge >= 0.3 is 0 Å². The van der Waals surface area contributed by atoms with Crippen LogP contribution in [0.1, 0.15) is 24.2 Å². The minimum absolute atomic E-state index is 0.0349. The Hall–Kier alpha value is -2.08. The van der Waals surface area contributed by atoms with Crippen LogP contribution in [0.5, 0.6) is 5.75 Å². The van der Waals surface area contributed by atoms with Gasteiger partial charge in [0.25, 0.3) is 5.91 Å². The first-order chi connectivity index (χ1) is 10.1. The molecule has 0 saturated heterocycles. The van der Waals surface area contributed by atoms with Gasteiger partial charge < -0.3 is 14.6 Å². The van der Waals surface area contributed by atoms with E-state index in [-0.39, 0.29) is 11.3 Å². The lowest BCUT2D eigenvalue weighted by atomic mass is 10.1. The van der Waals surface area contributed by atoms with E-state index in [4.69, 9.17) is 0 Å². The molecule has 1 N–H and O–H groups in total. The Labute approximate surface area is 127 Å². The van der Waals surface area contributed by atoms with E-state index >= 15 is 0 Å². The highest BCUT2D eigenvalue weighted by Crippen LogP contribution is 2.25. The van der Waals surface area contributed by atoms with E-state index in [1.54, 1.807) is 16.7 Å². The van der Waals surface area contributed by atoms with Crippen molar-refractivity contribution in [2.24, 2.45) is 12.0 Å². The predicted octanol–water partition coefficient (Wildman–Crippen LogP) is 2.38. The van der Waals surface area contributed by atoms with E-state index in [0.29, 0.717) is 4.80 Å². The number of aromatic nitrogens is 1. The van der Waals surface area contributed by atoms with Crippen LogP contribution < -0.4 is 9.70 Å². The molecule has 0 radical (unpaired) electrons. The van der Waals surface area contributed by atoms with Crippen molar-refractivity contribution in [1.29, 1.82) is 0 Å². The number of rotatable bonds is 4. The number of thiazole rings is 1. The van der Waals surface area contributed by atoms with Gasteiger partial charge in [-0.2, -0.15) is 4.99 Å². The van der Waals surface area contributed by atoms with E-state index in [1.807, 2.05) is 38.5 Å². The van der Waals surface area contributed by atoms with E-state index in [0.717, 1.165) is 18.8 Å². The standard InChI is InChI=1S/C15H19N3O2S/c1-4-18(5-2)11-6-7-12(13(19)10-11)14(20)16-15-17(3)8-9-21-15/h6-10,19H,4-5H2,1-3H3. The Bertz CT molecular complexity index is 699. The van der Waals surface area contributed by atoms with Gasteiger partial charge in [-0.15, -0.1) is 11.3 Å². The Morgan fingerprint density at radius 3 is 2.62 bits per heavy atom. The molecule has 0 aliphatic heterocycles. The number of anilines is 1. The molecule has 2 rings (SSSR count). The van der Waals surface area contributed by atoms with Crippen molar-refractivity contribution in [1.82, 2.24) is 4.57 Å². The van der Waals surface area contributed by atoms with Gasteiger partial charge in [-0.05, 0) is 26.0 Å². The van der Waals surface area contributed by atoms with Crippen LogP contribution in [0, 0.1) is 0 Å². The number of amides is 1. The van der Waals surface area contributed by atoms with Crippen molar-refractivity contribution >= 4 is 22.9 Å². The third kappa shape index (κ3) is 3.33. The highest BCUT2D eigenvalue weighted by molar-refractivity contribution is 7.07. The van der Waals surface area contributed by atoms with Crippen molar-refractivity contribution in [2.75, 3.05) is 18.0 Å². The van der Waals surface area contributed by atoms with Gasteiger partial charge in [0.15, 0.2) is 4.80 Å². The first-order valence-electron chi connectivity index (χ1n) is 6.84. The van der Waals surface area contributed by atoms with Crippen molar-refractivity contribution in [3.05, 3.63) is 40.1 Å². The summed E-state index contributed by atoms with van der Waals surface area (Å²) >= 11 is 1.38. The monoisotopic (exact) mass is 305 g/mol. The van der Waals surface area contributed by atoms with Crippen LogP contribution in [-0.4, -0.2) is 28.7 Å². The summed E-state index contributed by atoms with van der Waals surface area (Å²) in [5.74, 6) is -0.469. The van der Waals surface area contributed by atoms with Crippen molar-refractivity contribution < 1.29 is 9.90 Å². The lowest BCUT2D eigenvalue weighted by molar-refractivity contribution is 0.0995. The molecule has 6 heteroatoms. The van der Waals surface area contributed by atoms with Crippen molar-refractivity contribution in [3.63, 3.8) is 0 Å². The van der Waals surface area contributed by atoms with Crippen LogP contribution in [0.2, 0.25) is 0 Å². The SMILES string of the molecule is CCN(CC)c1ccc(C(=O)N=c2sccn2C)c(O)c1. The molecule has 0 fully saturated rings. The first kappa shape index (κ1) is 15.3. The maximum atomic E-state index is 12.2. The molecule has 0 saturated carbocycles. The van der Waals surface area contributed by atoms with Gasteiger partial charge in [-0.3, -0.25) is 4.79 Å². The lowest BCUT2D eigenvalue weighted by Crippen LogP contribution is -2.21. The predicted molar refractivity (Wildman–Crippen MR) is 84.9 cm³/mol. The number of benzene rings is 1. The first-order valence-corrected chi connectivity index (χ1v) is 7.72. The Balaban J connectivity index is 2.34. The number of phenolic OH excluding ortho intramolecular Hbond substituents is 1. The minimum atomic E-state index is -0.434. The fourth-order valence-corrected chi connectivity index (χ4v) is 2.80. The molecule has 0 aliphatic rings. The summed E-state index contributed by atoms with van der Waals surface area (Å²) in [6, 6.07) is 5.08. The van der Waals surface area contributed by atoms with Crippen LogP contribution >= 0.6 is 11.3 Å². The number of aryl methyl sites for hydroxylation is 1. The van der Waals surface area contributed by atoms with E-state index < -0.39 is 5.91 Å². The largest absolute Gasteiger partial charge is 0.507 e. The Morgan fingerprint density at radius 2 is 2.10 bits per heavy atom. The van der Waals surface area contributed by atoms with Gasteiger partial charge in [-0.1, -0.05) is 0 Å². The van der Waals surface area contributed by atoms with E-state index in [1.165, 1.54) is 11.3 Å². The fraction of sp³-hybridized carbons (Fsp3) is 0.333. The van der Waals surface area contributed by atoms with Crippen LogP contribution in [0.25, 0.3) is 0 Å². The average molecular weight is 305 g/mol. The summed E-state index contributed by atoms with van der Waals surface area (Å²) in [5, 5.41) is 11.9. The fourth-order valence-electron chi connectivity index (χ4n) is 2.07. The second-order valence-electron chi connectivity index (χ2n) is 4.59. The zero-order chi connectivity index (χ0) is 15.4. The number of nitrogens with zero attached hydrogens (tertiary/aromatic N) is 3. The third-order valence-electron chi connectivity index (χ3n) is 3.30. The molecule has 2 aromatic rings. The number of hydrogen-bond acceptors (Lipinski definition) is 4. The number of carbonyl (C=O) groups is 1. The minimum Gasteiger partial charge on any atom is -0.507 e. The quantitative estimate of drug-likeness (QED) is 0.943. The van der Waals surface area contributed by atoms with Gasteiger partial charge in [0.1, 0.15) is 5.75 Å². The Kier molecular flexibility index (Phi) is 4.80. The number of hydrogen-bond donors (Lipinski definition) is 1. The van der Waals surface area contributed by atoms with Crippen LogP contribution in [0.4, 0.5) is 5.69 Å². The molecule has 5 nitrogen and oxygen atoms in total. The van der Waals surface area contributed by atoms with Crippen LogP contribution in [0.15, 0.2) is 34.8 Å². The second kappa shape index (κ2) is 6.58. The molecule has 1 heterocycles. The summed E-state index contributed by atoms with van der Waals surface area (Å²) in [5.41, 5.74) is 1.12. The molecule has 1 amide bonds. The Morgan fingerprint density at radius 1 is 1.38 bits per heavy atom. The summed E-state index contributed by atoms with van der Waals surface area (Å²) in [4.78, 5) is 18.9. The van der Waals surface area contributed by atoms with Crippen molar-refractivity contribution in [3.8, 4) is 5.75 Å². The van der Waals surface area contributed by atoms with Gasteiger partial charge in [0.05, 0.1) is 5.56 Å². The molecule has 0 aliphatic carbocycles. The van der Waals surface area contributed by atoms with Crippen LogP contribution in [0.3, 0.4) is 0 Å². The summed E-state index contributed by atoms with van der Waals surface area (Å²) < 4.78 is 1.77. The maximum Gasteiger partial charge on any atom is 0.283 e. The molecule has 0 bridgehead atoms.